The molecular formula is C15H16INO3. The topological polar surface area (TPSA) is 59.4 Å². The predicted octanol–water partition coefficient (Wildman–Crippen LogP) is 3.81. The van der Waals surface area contributed by atoms with Gasteiger partial charge in [0.05, 0.1) is 6.61 Å². The Morgan fingerprint density at radius 1 is 1.45 bits per heavy atom. The highest BCUT2D eigenvalue weighted by Gasteiger charge is 2.18. The van der Waals surface area contributed by atoms with E-state index in [1.54, 1.807) is 6.07 Å². The Labute approximate surface area is 131 Å². The molecule has 2 aromatic rings. The van der Waals surface area contributed by atoms with E-state index in [-0.39, 0.29) is 11.3 Å². The lowest BCUT2D eigenvalue weighted by Gasteiger charge is -2.10. The highest BCUT2D eigenvalue weighted by Crippen LogP contribution is 2.31. The number of esters is 1. The van der Waals surface area contributed by atoms with Crippen molar-refractivity contribution in [1.29, 1.82) is 0 Å². The molecule has 0 amide bonds. The van der Waals surface area contributed by atoms with Gasteiger partial charge < -0.3 is 9.84 Å². The lowest BCUT2D eigenvalue weighted by Crippen LogP contribution is -2.07. The van der Waals surface area contributed by atoms with E-state index in [1.165, 1.54) is 0 Å². The Morgan fingerprint density at radius 2 is 2.20 bits per heavy atom. The van der Waals surface area contributed by atoms with E-state index in [0.29, 0.717) is 12.1 Å². The molecule has 0 radical (unpaired) electrons. The predicted molar refractivity (Wildman–Crippen MR) is 86.1 cm³/mol. The van der Waals surface area contributed by atoms with E-state index >= 15 is 0 Å². The molecule has 0 aliphatic rings. The van der Waals surface area contributed by atoms with Crippen LogP contribution in [0.4, 0.5) is 0 Å². The summed E-state index contributed by atoms with van der Waals surface area (Å²) >= 11 is 2.13. The van der Waals surface area contributed by atoms with Crippen LogP contribution in [0.25, 0.3) is 10.9 Å². The molecule has 0 spiro atoms. The van der Waals surface area contributed by atoms with E-state index in [9.17, 15) is 9.90 Å². The highest BCUT2D eigenvalue weighted by molar-refractivity contribution is 14.1. The molecule has 1 heterocycles. The van der Waals surface area contributed by atoms with Gasteiger partial charge in [0.15, 0.2) is 5.75 Å². The second kappa shape index (κ2) is 6.39. The number of phenols is 1. The first-order chi connectivity index (χ1) is 9.54. The number of carbonyl (C=O) groups excluding carboxylic acids is 1. The maximum atomic E-state index is 12.0. The molecular weight excluding hydrogens is 369 g/mol. The number of fused-ring (bicyclic) bond motifs is 1. The molecule has 0 bridgehead atoms. The van der Waals surface area contributed by atoms with Gasteiger partial charge in [0.25, 0.3) is 0 Å². The lowest BCUT2D eigenvalue weighted by atomic mass is 10.1. The van der Waals surface area contributed by atoms with E-state index in [4.69, 9.17) is 4.74 Å². The van der Waals surface area contributed by atoms with E-state index in [0.717, 1.165) is 27.5 Å². The lowest BCUT2D eigenvalue weighted by molar-refractivity contribution is 0.0496. The van der Waals surface area contributed by atoms with Crippen LogP contribution in [0.2, 0.25) is 0 Å². The molecule has 1 aromatic heterocycles. The summed E-state index contributed by atoms with van der Waals surface area (Å²) < 4.78 is 6.02. The standard InChI is InChI=1S/C15H16INO3/c1-3-4-7-20-15(19)11-8-12(16)10-6-5-9(2)17-13(10)14(11)18/h5-6,8,18H,3-4,7H2,1-2H3. The number of benzene rings is 1. The third-order valence-corrected chi connectivity index (χ3v) is 3.89. The summed E-state index contributed by atoms with van der Waals surface area (Å²) in [6, 6.07) is 5.41. The number of nitrogens with zero attached hydrogens (tertiary/aromatic N) is 1. The number of rotatable bonds is 4. The summed E-state index contributed by atoms with van der Waals surface area (Å²) in [6.07, 6.45) is 1.77. The summed E-state index contributed by atoms with van der Waals surface area (Å²) in [5.74, 6) is -0.607. The van der Waals surface area contributed by atoms with Crippen molar-refractivity contribution in [1.82, 2.24) is 4.98 Å². The second-order valence-electron chi connectivity index (χ2n) is 4.59. The molecule has 106 valence electrons. The number of aromatic nitrogens is 1. The normalized spacial score (nSPS) is 10.8. The number of phenolic OH excluding ortho intramolecular Hbond substituents is 1. The van der Waals surface area contributed by atoms with Crippen LogP contribution in [0.5, 0.6) is 5.75 Å². The molecule has 0 aliphatic carbocycles. The van der Waals surface area contributed by atoms with Crippen molar-refractivity contribution in [2.75, 3.05) is 6.61 Å². The molecule has 20 heavy (non-hydrogen) atoms. The largest absolute Gasteiger partial charge is 0.505 e. The number of aromatic hydroxyl groups is 1. The fourth-order valence-electron chi connectivity index (χ4n) is 1.87. The van der Waals surface area contributed by atoms with Crippen molar-refractivity contribution >= 4 is 39.5 Å². The van der Waals surface area contributed by atoms with Crippen LogP contribution in [-0.2, 0) is 4.74 Å². The number of hydrogen-bond donors (Lipinski definition) is 1. The number of aryl methyl sites for hydroxylation is 1. The van der Waals surface area contributed by atoms with Crippen LogP contribution in [0.15, 0.2) is 18.2 Å². The molecule has 0 fully saturated rings. The minimum Gasteiger partial charge on any atom is -0.505 e. The van der Waals surface area contributed by atoms with Crippen molar-refractivity contribution in [2.45, 2.75) is 26.7 Å². The molecule has 2 rings (SSSR count). The van der Waals surface area contributed by atoms with Gasteiger partial charge in [-0.25, -0.2) is 9.78 Å². The number of halogens is 1. The van der Waals surface area contributed by atoms with Crippen LogP contribution < -0.4 is 0 Å². The van der Waals surface area contributed by atoms with Crippen LogP contribution in [-0.4, -0.2) is 22.7 Å². The Morgan fingerprint density at radius 3 is 2.90 bits per heavy atom. The third kappa shape index (κ3) is 3.03. The number of ether oxygens (including phenoxy) is 1. The van der Waals surface area contributed by atoms with Gasteiger partial charge >= 0.3 is 5.97 Å². The number of unbranched alkanes of at least 4 members (excludes halogenated alkanes) is 1. The molecule has 0 aliphatic heterocycles. The zero-order valence-electron chi connectivity index (χ0n) is 11.4. The monoisotopic (exact) mass is 385 g/mol. The third-order valence-electron chi connectivity index (χ3n) is 2.99. The number of hydrogen-bond acceptors (Lipinski definition) is 4. The van der Waals surface area contributed by atoms with Crippen molar-refractivity contribution in [2.24, 2.45) is 0 Å². The fourth-order valence-corrected chi connectivity index (χ4v) is 2.62. The molecule has 0 saturated carbocycles. The van der Waals surface area contributed by atoms with Gasteiger partial charge in [-0.2, -0.15) is 0 Å². The van der Waals surface area contributed by atoms with Gasteiger partial charge in [0.2, 0.25) is 0 Å². The molecule has 0 atom stereocenters. The first-order valence-corrected chi connectivity index (χ1v) is 7.58. The second-order valence-corrected chi connectivity index (χ2v) is 5.76. The minimum atomic E-state index is -0.501. The maximum absolute atomic E-state index is 12.0. The van der Waals surface area contributed by atoms with Crippen molar-refractivity contribution in [3.05, 3.63) is 33.0 Å². The van der Waals surface area contributed by atoms with Crippen molar-refractivity contribution in [3.63, 3.8) is 0 Å². The molecule has 0 saturated heterocycles. The number of carbonyl (C=O) groups is 1. The summed E-state index contributed by atoms with van der Waals surface area (Å²) in [6.45, 7) is 4.24. The number of pyridine rings is 1. The summed E-state index contributed by atoms with van der Waals surface area (Å²) in [4.78, 5) is 16.3. The molecule has 0 unspecified atom stereocenters. The van der Waals surface area contributed by atoms with Gasteiger partial charge in [0.1, 0.15) is 11.1 Å². The van der Waals surface area contributed by atoms with Crippen LogP contribution in [0.1, 0.15) is 35.8 Å². The van der Waals surface area contributed by atoms with Crippen LogP contribution in [0, 0.1) is 10.5 Å². The van der Waals surface area contributed by atoms with Crippen LogP contribution in [0.3, 0.4) is 0 Å². The Bertz CT molecular complexity index is 655. The molecule has 4 nitrogen and oxygen atoms in total. The van der Waals surface area contributed by atoms with Crippen molar-refractivity contribution in [3.8, 4) is 5.75 Å². The summed E-state index contributed by atoms with van der Waals surface area (Å²) in [7, 11) is 0. The zero-order valence-corrected chi connectivity index (χ0v) is 13.6. The first-order valence-electron chi connectivity index (χ1n) is 6.50. The first kappa shape index (κ1) is 15.0. The summed E-state index contributed by atoms with van der Waals surface area (Å²) in [5, 5.41) is 11.1. The maximum Gasteiger partial charge on any atom is 0.342 e. The van der Waals surface area contributed by atoms with Gasteiger partial charge in [-0.15, -0.1) is 0 Å². The summed E-state index contributed by atoms with van der Waals surface area (Å²) in [5.41, 5.74) is 1.41. The Hall–Kier alpha value is -1.37. The van der Waals surface area contributed by atoms with Gasteiger partial charge in [-0.3, -0.25) is 0 Å². The van der Waals surface area contributed by atoms with Gasteiger partial charge in [-0.1, -0.05) is 13.3 Å². The van der Waals surface area contributed by atoms with E-state index < -0.39 is 5.97 Å². The zero-order chi connectivity index (χ0) is 14.7. The molecule has 5 heteroatoms. The van der Waals surface area contributed by atoms with Gasteiger partial charge in [-0.05, 0) is 54.1 Å². The van der Waals surface area contributed by atoms with E-state index in [1.807, 2.05) is 26.0 Å². The van der Waals surface area contributed by atoms with Gasteiger partial charge in [0, 0.05) is 14.7 Å². The SMILES string of the molecule is CCCCOC(=O)c1cc(I)c2ccc(C)nc2c1O. The highest BCUT2D eigenvalue weighted by atomic mass is 127. The quantitative estimate of drug-likeness (QED) is 0.494. The van der Waals surface area contributed by atoms with Crippen LogP contribution >= 0.6 is 22.6 Å². The average Bonchev–Trinajstić information content (AvgIpc) is 2.42. The average molecular weight is 385 g/mol. The Kier molecular flexibility index (Phi) is 4.80. The smallest absolute Gasteiger partial charge is 0.342 e. The van der Waals surface area contributed by atoms with E-state index in [2.05, 4.69) is 27.6 Å². The molecule has 1 N–H and O–H groups in total. The minimum absolute atomic E-state index is 0.106. The Balaban J connectivity index is 2.44. The fraction of sp³-hybridized carbons (Fsp3) is 0.333. The molecule has 1 aromatic carbocycles. The van der Waals surface area contributed by atoms with Crippen molar-refractivity contribution < 1.29 is 14.6 Å².